The predicted molar refractivity (Wildman–Crippen MR) is 82.9 cm³/mol. The van der Waals surface area contributed by atoms with E-state index in [-0.39, 0.29) is 6.08 Å². The zero-order valence-electron chi connectivity index (χ0n) is 15.6. The van der Waals surface area contributed by atoms with E-state index in [4.69, 9.17) is 4.55 Å². The van der Waals surface area contributed by atoms with E-state index in [1.54, 1.807) is 0 Å². The molecule has 0 amide bonds. The van der Waals surface area contributed by atoms with Crippen LogP contribution in [0.25, 0.3) is 0 Å². The summed E-state index contributed by atoms with van der Waals surface area (Å²) in [6.45, 7) is 3.94. The van der Waals surface area contributed by atoms with Gasteiger partial charge in [0.2, 0.25) is 0 Å². The van der Waals surface area contributed by atoms with E-state index in [1.807, 2.05) is 0 Å². The first-order valence-corrected chi connectivity index (χ1v) is 9.00. The molecule has 0 bridgehead atoms. The Labute approximate surface area is 165 Å². The first-order valence-electron chi connectivity index (χ1n) is 7.56. The maximum atomic E-state index is 13.5. The minimum atomic E-state index is -6.67. The van der Waals surface area contributed by atoms with Crippen molar-refractivity contribution in [3.8, 4) is 0 Å². The summed E-state index contributed by atoms with van der Waals surface area (Å²) in [6.07, 6.45) is -8.27. The topological polar surface area (TPSA) is 116 Å². The van der Waals surface area contributed by atoms with Crippen molar-refractivity contribution < 1.29 is 67.5 Å². The van der Waals surface area contributed by atoms with Gasteiger partial charge in [0, 0.05) is 12.5 Å². The maximum absolute atomic E-state index is 13.5. The van der Waals surface area contributed by atoms with Crippen LogP contribution in [0.15, 0.2) is 12.7 Å². The van der Waals surface area contributed by atoms with Crippen LogP contribution in [0.1, 0.15) is 27.2 Å². The third-order valence-corrected chi connectivity index (χ3v) is 3.87. The average Bonchev–Trinajstić information content (AvgIpc) is 2.49. The summed E-state index contributed by atoms with van der Waals surface area (Å²) in [7, 11) is -6.67. The van der Waals surface area contributed by atoms with Crippen LogP contribution < -0.4 is 0 Å². The van der Waals surface area contributed by atoms with Gasteiger partial charge >= 0.3 is 45.2 Å². The lowest BCUT2D eigenvalue weighted by molar-refractivity contribution is -0.359. The van der Waals surface area contributed by atoms with E-state index in [0.29, 0.717) is 0 Å². The SMILES string of the molecule is C=CC(=O)OC(OCCC(F)(F)C(F)(F)S(=O)(=O)O)(C(=O)OC(C)(C)C)C(F)(F)F. The van der Waals surface area contributed by atoms with Gasteiger partial charge in [-0.1, -0.05) is 6.58 Å². The number of hydrogen-bond acceptors (Lipinski definition) is 7. The van der Waals surface area contributed by atoms with Crippen molar-refractivity contribution in [1.29, 1.82) is 0 Å². The minimum Gasteiger partial charge on any atom is -0.455 e. The van der Waals surface area contributed by atoms with E-state index >= 15 is 0 Å². The van der Waals surface area contributed by atoms with Gasteiger partial charge in [-0.3, -0.25) is 4.55 Å². The number of ether oxygens (including phenoxy) is 3. The maximum Gasteiger partial charge on any atom is 0.468 e. The molecule has 8 nitrogen and oxygen atoms in total. The lowest BCUT2D eigenvalue weighted by Crippen LogP contribution is -2.59. The number of halogens is 7. The van der Waals surface area contributed by atoms with Crippen LogP contribution in [-0.4, -0.2) is 60.3 Å². The van der Waals surface area contributed by atoms with Crippen LogP contribution in [0, 0.1) is 0 Å². The number of esters is 2. The van der Waals surface area contributed by atoms with Gasteiger partial charge in [-0.2, -0.15) is 39.2 Å². The Morgan fingerprint density at radius 2 is 1.47 bits per heavy atom. The zero-order chi connectivity index (χ0) is 24.4. The van der Waals surface area contributed by atoms with Crippen molar-refractivity contribution in [2.45, 2.75) is 55.9 Å². The molecule has 0 radical (unpaired) electrons. The van der Waals surface area contributed by atoms with Crippen LogP contribution in [-0.2, 0) is 33.9 Å². The van der Waals surface area contributed by atoms with Crippen molar-refractivity contribution in [2.24, 2.45) is 0 Å². The molecule has 0 fully saturated rings. The second-order valence-corrected chi connectivity index (χ2v) is 8.00. The van der Waals surface area contributed by atoms with Crippen LogP contribution in [0.5, 0.6) is 0 Å². The van der Waals surface area contributed by atoms with Crippen molar-refractivity contribution in [3.05, 3.63) is 12.7 Å². The van der Waals surface area contributed by atoms with Gasteiger partial charge in [-0.25, -0.2) is 9.59 Å². The minimum absolute atomic E-state index is 0.148. The Morgan fingerprint density at radius 1 is 1.00 bits per heavy atom. The summed E-state index contributed by atoms with van der Waals surface area (Å²) in [5, 5.41) is -6.10. The van der Waals surface area contributed by atoms with Crippen molar-refractivity contribution in [2.75, 3.05) is 6.61 Å². The van der Waals surface area contributed by atoms with Crippen molar-refractivity contribution in [1.82, 2.24) is 0 Å². The standard InChI is InChI=1S/C14H17F7O8S/c1-5-8(22)28-12(13(17,18)19,9(23)29-10(2,3)4)27-7-6-11(15,16)14(20,21)30(24,25)26/h5H,1,6-7H2,2-4H3,(H,24,25,26). The molecule has 1 N–H and O–H groups in total. The summed E-state index contributed by atoms with van der Waals surface area (Å²) in [6, 6.07) is 0. The molecular weight excluding hydrogens is 461 g/mol. The molecule has 0 aliphatic carbocycles. The molecule has 0 aromatic rings. The molecule has 176 valence electrons. The third kappa shape index (κ3) is 6.28. The second-order valence-electron chi connectivity index (χ2n) is 6.54. The summed E-state index contributed by atoms with van der Waals surface area (Å²) >= 11 is 0. The Kier molecular flexibility index (Phi) is 8.10. The summed E-state index contributed by atoms with van der Waals surface area (Å²) in [5.41, 5.74) is -1.64. The Bertz CT molecular complexity index is 770. The first-order chi connectivity index (χ1) is 13.0. The van der Waals surface area contributed by atoms with E-state index in [1.165, 1.54) is 0 Å². The van der Waals surface area contributed by atoms with E-state index in [2.05, 4.69) is 20.8 Å². The van der Waals surface area contributed by atoms with Gasteiger partial charge in [-0.05, 0) is 20.8 Å². The van der Waals surface area contributed by atoms with E-state index in [0.717, 1.165) is 20.8 Å². The third-order valence-electron chi connectivity index (χ3n) is 2.92. The Hall–Kier alpha value is -1.94. The molecule has 0 aromatic heterocycles. The van der Waals surface area contributed by atoms with Gasteiger partial charge in [0.25, 0.3) is 0 Å². The quantitative estimate of drug-likeness (QED) is 0.177. The molecule has 30 heavy (non-hydrogen) atoms. The molecule has 1 unspecified atom stereocenters. The highest BCUT2D eigenvalue weighted by atomic mass is 32.2. The smallest absolute Gasteiger partial charge is 0.455 e. The zero-order valence-corrected chi connectivity index (χ0v) is 16.4. The molecule has 16 heteroatoms. The average molecular weight is 478 g/mol. The number of carbonyl (C=O) groups excluding carboxylic acids is 2. The number of hydrogen-bond donors (Lipinski definition) is 1. The molecular formula is C14H17F7O8S. The summed E-state index contributed by atoms with van der Waals surface area (Å²) in [4.78, 5) is 23.3. The molecule has 0 aromatic carbocycles. The largest absolute Gasteiger partial charge is 0.468 e. The summed E-state index contributed by atoms with van der Waals surface area (Å²) < 4.78 is 135. The van der Waals surface area contributed by atoms with E-state index in [9.17, 15) is 48.7 Å². The number of rotatable bonds is 9. The number of alkyl halides is 7. The number of carbonyl (C=O) groups is 2. The molecule has 0 spiro atoms. The molecule has 0 aliphatic heterocycles. The first kappa shape index (κ1) is 28.1. The lowest BCUT2D eigenvalue weighted by Gasteiger charge is -2.34. The summed E-state index contributed by atoms with van der Waals surface area (Å²) in [5.74, 6) is -14.7. The molecule has 0 saturated carbocycles. The van der Waals surface area contributed by atoms with E-state index < -0.39 is 63.8 Å². The fourth-order valence-electron chi connectivity index (χ4n) is 1.57. The Balaban J connectivity index is 6.04. The van der Waals surface area contributed by atoms with Gasteiger partial charge in [0.1, 0.15) is 5.60 Å². The highest BCUT2D eigenvalue weighted by Crippen LogP contribution is 2.42. The fraction of sp³-hybridized carbons (Fsp3) is 0.714. The van der Waals surface area contributed by atoms with Gasteiger partial charge in [-0.15, -0.1) is 0 Å². The highest BCUT2D eigenvalue weighted by molar-refractivity contribution is 7.87. The Morgan fingerprint density at radius 3 is 1.80 bits per heavy atom. The molecule has 1 atom stereocenters. The van der Waals surface area contributed by atoms with Gasteiger partial charge in [0.15, 0.2) is 0 Å². The second kappa shape index (κ2) is 8.66. The van der Waals surface area contributed by atoms with Gasteiger partial charge < -0.3 is 14.2 Å². The highest BCUT2D eigenvalue weighted by Gasteiger charge is 2.69. The van der Waals surface area contributed by atoms with Crippen molar-refractivity contribution in [3.63, 3.8) is 0 Å². The van der Waals surface area contributed by atoms with Gasteiger partial charge in [0.05, 0.1) is 6.61 Å². The van der Waals surface area contributed by atoms with Crippen LogP contribution in [0.3, 0.4) is 0 Å². The molecule has 0 saturated heterocycles. The normalized spacial score (nSPS) is 15.8. The van der Waals surface area contributed by atoms with Crippen molar-refractivity contribution >= 4 is 22.1 Å². The lowest BCUT2D eigenvalue weighted by atomic mass is 10.1. The molecule has 0 rings (SSSR count). The van der Waals surface area contributed by atoms with Crippen LogP contribution in [0.4, 0.5) is 30.7 Å². The monoisotopic (exact) mass is 478 g/mol. The van der Waals surface area contributed by atoms with Crippen LogP contribution >= 0.6 is 0 Å². The predicted octanol–water partition coefficient (Wildman–Crippen LogP) is 2.84. The molecule has 0 heterocycles. The van der Waals surface area contributed by atoms with Crippen LogP contribution in [0.2, 0.25) is 0 Å². The molecule has 0 aliphatic rings. The fourth-order valence-corrected chi connectivity index (χ4v) is 2.05.